The van der Waals surface area contributed by atoms with Gasteiger partial charge in [-0.3, -0.25) is 9.97 Å². The van der Waals surface area contributed by atoms with Gasteiger partial charge in [-0.25, -0.2) is 14.8 Å². The quantitative estimate of drug-likeness (QED) is 0.751. The van der Waals surface area contributed by atoms with E-state index in [-0.39, 0.29) is 19.0 Å². The van der Waals surface area contributed by atoms with E-state index in [0.29, 0.717) is 24.0 Å². The summed E-state index contributed by atoms with van der Waals surface area (Å²) < 4.78 is 14.8. The molecule has 0 unspecified atom stereocenters. The van der Waals surface area contributed by atoms with Crippen LogP contribution in [0.5, 0.6) is 11.8 Å². The van der Waals surface area contributed by atoms with Crippen LogP contribution in [-0.2, 0) is 17.8 Å². The fourth-order valence-corrected chi connectivity index (χ4v) is 1.63. The van der Waals surface area contributed by atoms with Crippen molar-refractivity contribution in [2.75, 3.05) is 14.2 Å². The molecule has 0 fully saturated rings. The van der Waals surface area contributed by atoms with E-state index in [4.69, 9.17) is 19.9 Å². The topological polar surface area (TPSA) is 134 Å². The zero-order chi connectivity index (χ0) is 20.3. The molecule has 0 saturated carbocycles. The van der Waals surface area contributed by atoms with Gasteiger partial charge in [0.25, 0.3) is 0 Å². The highest BCUT2D eigenvalue weighted by Crippen LogP contribution is 2.07. The van der Waals surface area contributed by atoms with Crippen LogP contribution in [0.3, 0.4) is 0 Å². The molecule has 2 aromatic rings. The number of rotatable bonds is 5. The van der Waals surface area contributed by atoms with Gasteiger partial charge in [-0.15, -0.1) is 12.4 Å². The molecule has 11 heteroatoms. The van der Waals surface area contributed by atoms with E-state index in [1.165, 1.54) is 13.3 Å². The zero-order valence-electron chi connectivity index (χ0n) is 16.6. The van der Waals surface area contributed by atoms with Gasteiger partial charge in [0.2, 0.25) is 11.8 Å². The number of amides is 1. The summed E-state index contributed by atoms with van der Waals surface area (Å²) >= 11 is 0. The molecule has 2 heterocycles. The highest BCUT2D eigenvalue weighted by molar-refractivity contribution is 5.85. The number of aromatic nitrogens is 4. The first-order valence-corrected chi connectivity index (χ1v) is 8.14. The van der Waals surface area contributed by atoms with Crippen molar-refractivity contribution >= 4 is 18.5 Å². The molecule has 0 aliphatic carbocycles. The fraction of sp³-hybridized carbons (Fsp3) is 0.471. The van der Waals surface area contributed by atoms with E-state index in [2.05, 4.69) is 25.3 Å². The molecule has 0 atom stereocenters. The molecular formula is C17H27ClN6O4. The number of halogens is 1. The Balaban J connectivity index is 0.000000567. The summed E-state index contributed by atoms with van der Waals surface area (Å²) in [6, 6.07) is 0. The van der Waals surface area contributed by atoms with Crippen LogP contribution in [0, 0.1) is 0 Å². The van der Waals surface area contributed by atoms with Crippen LogP contribution in [0.4, 0.5) is 4.79 Å². The van der Waals surface area contributed by atoms with Crippen molar-refractivity contribution in [2.45, 2.75) is 39.5 Å². The number of nitrogens with two attached hydrogens (primary N) is 1. The van der Waals surface area contributed by atoms with Crippen LogP contribution in [-0.4, -0.2) is 45.8 Å². The van der Waals surface area contributed by atoms with Crippen LogP contribution in [0.1, 0.15) is 32.2 Å². The van der Waals surface area contributed by atoms with Crippen LogP contribution in [0.15, 0.2) is 24.8 Å². The SMILES string of the molecule is COc1cncc(CN)n1.COc1cncc(CNC(=O)OC(C)(C)C)n1.Cl. The lowest BCUT2D eigenvalue weighted by molar-refractivity contribution is 0.0522. The Bertz CT molecular complexity index is 708. The van der Waals surface area contributed by atoms with Gasteiger partial charge >= 0.3 is 6.09 Å². The van der Waals surface area contributed by atoms with Gasteiger partial charge in [0, 0.05) is 12.7 Å². The number of carbonyl (C=O) groups is 1. The second kappa shape index (κ2) is 12.6. The predicted molar refractivity (Wildman–Crippen MR) is 105 cm³/mol. The molecule has 0 bridgehead atoms. The maximum absolute atomic E-state index is 11.4. The zero-order valence-corrected chi connectivity index (χ0v) is 17.4. The van der Waals surface area contributed by atoms with E-state index in [9.17, 15) is 4.79 Å². The van der Waals surface area contributed by atoms with Crippen molar-refractivity contribution < 1.29 is 19.0 Å². The normalized spacial score (nSPS) is 9.93. The third kappa shape index (κ3) is 10.4. The van der Waals surface area contributed by atoms with Gasteiger partial charge in [-0.2, -0.15) is 0 Å². The van der Waals surface area contributed by atoms with Crippen LogP contribution < -0.4 is 20.5 Å². The second-order valence-electron chi connectivity index (χ2n) is 6.17. The smallest absolute Gasteiger partial charge is 0.407 e. The van der Waals surface area contributed by atoms with Crippen LogP contribution >= 0.6 is 12.4 Å². The Morgan fingerprint density at radius 1 is 1.00 bits per heavy atom. The van der Waals surface area contributed by atoms with Crippen molar-refractivity contribution in [3.63, 3.8) is 0 Å². The van der Waals surface area contributed by atoms with Gasteiger partial charge in [0.1, 0.15) is 5.60 Å². The second-order valence-corrected chi connectivity index (χ2v) is 6.17. The summed E-state index contributed by atoms with van der Waals surface area (Å²) in [4.78, 5) is 27.3. The molecule has 2 rings (SSSR count). The van der Waals surface area contributed by atoms with Crippen molar-refractivity contribution in [1.29, 1.82) is 0 Å². The number of hydrogen-bond donors (Lipinski definition) is 2. The molecule has 0 aliphatic heterocycles. The molecule has 0 spiro atoms. The Morgan fingerprint density at radius 2 is 1.50 bits per heavy atom. The van der Waals surface area contributed by atoms with Crippen LogP contribution in [0.25, 0.3) is 0 Å². The minimum atomic E-state index is -0.510. The van der Waals surface area contributed by atoms with E-state index >= 15 is 0 Å². The monoisotopic (exact) mass is 414 g/mol. The van der Waals surface area contributed by atoms with E-state index in [1.54, 1.807) is 46.5 Å². The molecule has 0 aromatic carbocycles. The Hall–Kier alpha value is -2.72. The fourth-order valence-electron chi connectivity index (χ4n) is 1.63. The van der Waals surface area contributed by atoms with E-state index < -0.39 is 11.7 Å². The lowest BCUT2D eigenvalue weighted by Crippen LogP contribution is -2.32. The van der Waals surface area contributed by atoms with Gasteiger partial charge in [0.15, 0.2) is 0 Å². The summed E-state index contributed by atoms with van der Waals surface area (Å²) in [5.41, 5.74) is 6.15. The minimum absolute atomic E-state index is 0. The average molecular weight is 415 g/mol. The molecule has 3 N–H and O–H groups in total. The molecule has 0 saturated heterocycles. The maximum Gasteiger partial charge on any atom is 0.407 e. The number of alkyl carbamates (subject to hydrolysis) is 1. The predicted octanol–water partition coefficient (Wildman–Crippen LogP) is 1.88. The van der Waals surface area contributed by atoms with Gasteiger partial charge < -0.3 is 25.3 Å². The molecular weight excluding hydrogens is 388 g/mol. The summed E-state index contributed by atoms with van der Waals surface area (Å²) in [5.74, 6) is 0.913. The van der Waals surface area contributed by atoms with Gasteiger partial charge in [-0.1, -0.05) is 0 Å². The van der Waals surface area contributed by atoms with Gasteiger partial charge in [0.05, 0.1) is 50.7 Å². The molecule has 156 valence electrons. The first-order valence-electron chi connectivity index (χ1n) is 8.14. The Kier molecular flexibility index (Phi) is 11.4. The standard InChI is InChI=1S/C11H17N3O3.C6H9N3O.ClH/c1-11(2,3)17-10(15)13-6-8-5-12-7-9(14-8)16-4;1-10-6-4-8-3-5(2-7)9-6;/h5,7H,6H2,1-4H3,(H,13,15);3-4H,2,7H2,1H3;1H. The Labute approximate surface area is 170 Å². The number of ether oxygens (including phenoxy) is 3. The summed E-state index contributed by atoms with van der Waals surface area (Å²) in [5, 5.41) is 2.59. The lowest BCUT2D eigenvalue weighted by atomic mass is 10.2. The molecule has 0 aliphatic rings. The van der Waals surface area contributed by atoms with E-state index in [1.807, 2.05) is 0 Å². The average Bonchev–Trinajstić information content (AvgIpc) is 2.65. The summed E-state index contributed by atoms with van der Waals surface area (Å²) in [6.07, 6.45) is 5.72. The number of carbonyl (C=O) groups excluding carboxylic acids is 1. The summed E-state index contributed by atoms with van der Waals surface area (Å²) in [6.45, 7) is 6.05. The van der Waals surface area contributed by atoms with Gasteiger partial charge in [-0.05, 0) is 20.8 Å². The molecule has 0 radical (unpaired) electrons. The van der Waals surface area contributed by atoms with Crippen molar-refractivity contribution in [2.24, 2.45) is 5.73 Å². The van der Waals surface area contributed by atoms with Crippen molar-refractivity contribution in [1.82, 2.24) is 25.3 Å². The lowest BCUT2D eigenvalue weighted by Gasteiger charge is -2.19. The third-order valence-electron chi connectivity index (χ3n) is 2.76. The van der Waals surface area contributed by atoms with Crippen molar-refractivity contribution in [3.05, 3.63) is 36.2 Å². The number of methoxy groups -OCH3 is 2. The highest BCUT2D eigenvalue weighted by Gasteiger charge is 2.15. The van der Waals surface area contributed by atoms with Crippen LogP contribution in [0.2, 0.25) is 0 Å². The molecule has 10 nitrogen and oxygen atoms in total. The maximum atomic E-state index is 11.4. The largest absolute Gasteiger partial charge is 0.480 e. The van der Waals surface area contributed by atoms with Crippen molar-refractivity contribution in [3.8, 4) is 11.8 Å². The Morgan fingerprint density at radius 3 is 1.96 bits per heavy atom. The minimum Gasteiger partial charge on any atom is -0.480 e. The summed E-state index contributed by atoms with van der Waals surface area (Å²) in [7, 11) is 3.05. The number of nitrogens with one attached hydrogen (secondary N) is 1. The highest BCUT2D eigenvalue weighted by atomic mass is 35.5. The third-order valence-corrected chi connectivity index (χ3v) is 2.76. The molecule has 28 heavy (non-hydrogen) atoms. The number of nitrogens with zero attached hydrogens (tertiary/aromatic N) is 4. The number of hydrogen-bond acceptors (Lipinski definition) is 9. The molecule has 1 amide bonds. The van der Waals surface area contributed by atoms with E-state index in [0.717, 1.165) is 5.69 Å². The molecule has 2 aromatic heterocycles. The first-order chi connectivity index (χ1) is 12.8. The first kappa shape index (κ1) is 25.3.